The minimum absolute atomic E-state index is 0.00252. The summed E-state index contributed by atoms with van der Waals surface area (Å²) in [7, 11) is 4.14. The van der Waals surface area contributed by atoms with Gasteiger partial charge in [-0.3, -0.25) is 4.79 Å². The number of aromatic nitrogens is 3. The summed E-state index contributed by atoms with van der Waals surface area (Å²) in [6, 6.07) is 8.14. The van der Waals surface area contributed by atoms with Crippen LogP contribution in [-0.2, 0) is 0 Å². The van der Waals surface area contributed by atoms with Gasteiger partial charge in [-0.05, 0) is 87.7 Å². The number of hydrogen-bond acceptors (Lipinski definition) is 8. The van der Waals surface area contributed by atoms with Crippen LogP contribution in [0.2, 0.25) is 0 Å². The third kappa shape index (κ3) is 4.97. The third-order valence-corrected chi connectivity index (χ3v) is 10.5. The number of nitrogens with zero attached hydrogens (tertiary/aromatic N) is 5. The number of aromatic hydroxyl groups is 1. The van der Waals surface area contributed by atoms with E-state index in [1.54, 1.807) is 22.8 Å². The third-order valence-electron chi connectivity index (χ3n) is 10.5. The molecule has 0 unspecified atom stereocenters. The molecule has 0 radical (unpaired) electrons. The Bertz CT molecular complexity index is 1980. The van der Waals surface area contributed by atoms with Crippen LogP contribution in [0.3, 0.4) is 0 Å². The first-order valence-corrected chi connectivity index (χ1v) is 16.3. The molecule has 4 aliphatic rings. The lowest BCUT2D eigenvalue weighted by atomic mass is 9.73. The second kappa shape index (κ2) is 10.7. The summed E-state index contributed by atoms with van der Waals surface area (Å²) in [5.41, 5.74) is 1.81. The number of anilines is 1. The van der Waals surface area contributed by atoms with Crippen LogP contribution in [0.5, 0.6) is 11.8 Å². The molecule has 238 valence electrons. The molecule has 4 heterocycles. The Morgan fingerprint density at radius 2 is 1.87 bits per heavy atom. The van der Waals surface area contributed by atoms with Gasteiger partial charge in [-0.1, -0.05) is 12.0 Å². The molecule has 0 bridgehead atoms. The van der Waals surface area contributed by atoms with E-state index in [2.05, 4.69) is 35.1 Å². The Kier molecular flexibility index (Phi) is 6.78. The van der Waals surface area contributed by atoms with Crippen molar-refractivity contribution in [2.24, 2.45) is 10.8 Å². The number of piperidine rings is 1. The zero-order valence-corrected chi connectivity index (χ0v) is 26.4. The zero-order valence-electron chi connectivity index (χ0n) is 26.4. The molecule has 4 fully saturated rings. The lowest BCUT2D eigenvalue weighted by Gasteiger charge is -2.48. The molecule has 9 nitrogen and oxygen atoms in total. The highest BCUT2D eigenvalue weighted by atomic mass is 19.1. The van der Waals surface area contributed by atoms with E-state index in [9.17, 15) is 9.90 Å². The lowest BCUT2D eigenvalue weighted by molar-refractivity contribution is 0.126. The smallest absolute Gasteiger partial charge is 0.318 e. The number of nitrogens with one attached hydrogen (secondary N) is 1. The predicted octanol–water partition coefficient (Wildman–Crippen LogP) is 4.68. The monoisotopic (exact) mass is 622 g/mol. The van der Waals surface area contributed by atoms with Crippen molar-refractivity contribution < 1.29 is 14.2 Å². The van der Waals surface area contributed by atoms with Gasteiger partial charge >= 0.3 is 6.01 Å². The minimum Gasteiger partial charge on any atom is -0.508 e. The van der Waals surface area contributed by atoms with Crippen molar-refractivity contribution in [3.63, 3.8) is 0 Å². The number of ether oxygens (including phenoxy) is 1. The maximum absolute atomic E-state index is 15.1. The highest BCUT2D eigenvalue weighted by Gasteiger charge is 2.44. The van der Waals surface area contributed by atoms with Crippen molar-refractivity contribution in [1.29, 1.82) is 0 Å². The van der Waals surface area contributed by atoms with Crippen molar-refractivity contribution in [2.45, 2.75) is 44.6 Å². The van der Waals surface area contributed by atoms with Crippen LogP contribution in [0.25, 0.3) is 32.9 Å². The first-order valence-electron chi connectivity index (χ1n) is 16.3. The lowest BCUT2D eigenvalue weighted by Crippen LogP contribution is -2.58. The highest BCUT2D eigenvalue weighted by molar-refractivity contribution is 6.03. The van der Waals surface area contributed by atoms with Crippen LogP contribution < -0.4 is 20.5 Å². The average molecular weight is 623 g/mol. The molecule has 1 spiro atoms. The summed E-state index contributed by atoms with van der Waals surface area (Å²) in [4.78, 5) is 28.9. The number of pyridine rings is 1. The van der Waals surface area contributed by atoms with E-state index in [1.807, 2.05) is 6.07 Å². The van der Waals surface area contributed by atoms with Gasteiger partial charge in [0.15, 0.2) is 0 Å². The summed E-state index contributed by atoms with van der Waals surface area (Å²) in [6.07, 6.45) is 11.7. The number of terminal acetylenes is 1. The van der Waals surface area contributed by atoms with E-state index in [0.29, 0.717) is 50.8 Å². The fraction of sp³-hybridized carbons (Fsp3) is 0.472. The molecule has 0 atom stereocenters. The second-order valence-corrected chi connectivity index (χ2v) is 14.3. The normalized spacial score (nSPS) is 19.8. The molecule has 4 aromatic rings. The fourth-order valence-electron chi connectivity index (χ4n) is 7.59. The summed E-state index contributed by atoms with van der Waals surface area (Å²) < 4.78 is 23.2. The van der Waals surface area contributed by atoms with E-state index in [0.717, 1.165) is 71.2 Å². The molecule has 10 heteroatoms. The number of phenols is 1. The Hall–Kier alpha value is -4.20. The van der Waals surface area contributed by atoms with Gasteiger partial charge < -0.3 is 29.5 Å². The van der Waals surface area contributed by atoms with Crippen molar-refractivity contribution in [3.8, 4) is 35.4 Å². The van der Waals surface area contributed by atoms with E-state index >= 15 is 4.39 Å². The van der Waals surface area contributed by atoms with Gasteiger partial charge in [0.05, 0.1) is 23.4 Å². The van der Waals surface area contributed by atoms with Crippen LogP contribution in [0, 0.1) is 29.0 Å². The van der Waals surface area contributed by atoms with Gasteiger partial charge in [0.1, 0.15) is 22.8 Å². The number of rotatable bonds is 8. The molecule has 46 heavy (non-hydrogen) atoms. The predicted molar refractivity (Wildman–Crippen MR) is 177 cm³/mol. The Balaban J connectivity index is 1.32. The van der Waals surface area contributed by atoms with Crippen LogP contribution in [-0.4, -0.2) is 78.0 Å². The summed E-state index contributed by atoms with van der Waals surface area (Å²) in [6.45, 7) is 5.08. The molecule has 2 saturated carbocycles. The topological polar surface area (TPSA) is 95.8 Å². The van der Waals surface area contributed by atoms with Crippen LogP contribution in [0.4, 0.5) is 10.2 Å². The standard InChI is InChI=1S/C36H39FN6O3/c1-4-25-27(37)8-5-22-15-24(44)16-26(30(22)25)29-17-28-31(33(45)43(29)23-6-7-23)32(42-13-11-35(12-14-42)18-38-19-35)40-34(39-28)46-21-36(9-10-36)20-41(2)3/h1,5,8,15-17,23,38,44H,6-7,9-14,18-21H2,2-3H3. The first kappa shape index (κ1) is 29.2. The number of fused-ring (bicyclic) bond motifs is 2. The van der Waals surface area contributed by atoms with Crippen molar-refractivity contribution in [3.05, 3.63) is 52.1 Å². The zero-order chi connectivity index (χ0) is 31.8. The van der Waals surface area contributed by atoms with Gasteiger partial charge in [-0.25, -0.2) is 4.39 Å². The highest BCUT2D eigenvalue weighted by Crippen LogP contribution is 2.47. The molecule has 2 aromatic heterocycles. The van der Waals surface area contributed by atoms with Crippen LogP contribution >= 0.6 is 0 Å². The number of halogens is 1. The number of hydrogen-bond donors (Lipinski definition) is 2. The van der Waals surface area contributed by atoms with Crippen LogP contribution in [0.1, 0.15) is 50.1 Å². The molecular formula is C36H39FN6O3. The Morgan fingerprint density at radius 1 is 1.11 bits per heavy atom. The maximum Gasteiger partial charge on any atom is 0.318 e. The summed E-state index contributed by atoms with van der Waals surface area (Å²) >= 11 is 0. The quantitative estimate of drug-likeness (QED) is 0.274. The van der Waals surface area contributed by atoms with Crippen molar-refractivity contribution in [2.75, 3.05) is 58.3 Å². The van der Waals surface area contributed by atoms with E-state index < -0.39 is 5.82 Å². The van der Waals surface area contributed by atoms with Gasteiger partial charge in [-0.2, -0.15) is 9.97 Å². The van der Waals surface area contributed by atoms with E-state index in [-0.39, 0.29) is 34.3 Å². The molecule has 2 aromatic carbocycles. The van der Waals surface area contributed by atoms with Gasteiger partial charge in [-0.15, -0.1) is 6.42 Å². The summed E-state index contributed by atoms with van der Waals surface area (Å²) in [5, 5.41) is 15.7. The van der Waals surface area contributed by atoms with Gasteiger partial charge in [0, 0.05) is 55.1 Å². The molecule has 2 N–H and O–H groups in total. The fourth-order valence-corrected chi connectivity index (χ4v) is 7.59. The molecule has 0 amide bonds. The summed E-state index contributed by atoms with van der Waals surface area (Å²) in [5.74, 6) is 2.59. The Morgan fingerprint density at radius 3 is 2.50 bits per heavy atom. The maximum atomic E-state index is 15.1. The largest absolute Gasteiger partial charge is 0.508 e. The average Bonchev–Trinajstić information content (AvgIpc) is 3.96. The van der Waals surface area contributed by atoms with E-state index in [1.165, 1.54) is 6.07 Å². The van der Waals surface area contributed by atoms with Crippen molar-refractivity contribution in [1.82, 2.24) is 24.8 Å². The van der Waals surface area contributed by atoms with Crippen molar-refractivity contribution >= 4 is 27.5 Å². The van der Waals surface area contributed by atoms with E-state index in [4.69, 9.17) is 21.1 Å². The second-order valence-electron chi connectivity index (χ2n) is 14.3. The molecule has 2 aliphatic heterocycles. The van der Waals surface area contributed by atoms with Crippen LogP contribution in [0.15, 0.2) is 35.1 Å². The van der Waals surface area contributed by atoms with Gasteiger partial charge in [0.25, 0.3) is 5.56 Å². The SMILES string of the molecule is C#Cc1c(F)ccc2cc(O)cc(-c3cc4nc(OCC5(CN(C)C)CC5)nc(N5CCC6(CC5)CNC6)c4c(=O)n3C3CC3)c12. The Labute approximate surface area is 267 Å². The minimum atomic E-state index is -0.528. The molecule has 8 rings (SSSR count). The molecule has 2 aliphatic carbocycles. The number of benzene rings is 2. The molecular weight excluding hydrogens is 583 g/mol. The first-order chi connectivity index (χ1) is 22.2. The van der Waals surface area contributed by atoms with Gasteiger partial charge in [0.2, 0.25) is 0 Å². The number of phenolic OH excluding ortho intramolecular Hbond substituents is 1. The molecule has 2 saturated heterocycles.